The van der Waals surface area contributed by atoms with E-state index in [-0.39, 0.29) is 5.91 Å². The average molecular weight is 346 g/mol. The monoisotopic (exact) mass is 345 g/mol. The molecule has 1 atom stereocenters. The Balaban J connectivity index is 1.77. The summed E-state index contributed by atoms with van der Waals surface area (Å²) < 4.78 is 1.15. The number of primary amides is 1. The number of carbonyl (C=O) groups is 1. The molecule has 2 rings (SSSR count). The van der Waals surface area contributed by atoms with Crippen LogP contribution in [0.25, 0.3) is 0 Å². The first-order valence-electron chi connectivity index (χ1n) is 6.55. The lowest BCUT2D eigenvalue weighted by molar-refractivity contribution is -0.119. The van der Waals surface area contributed by atoms with Crippen LogP contribution in [0.5, 0.6) is 0 Å². The summed E-state index contributed by atoms with van der Waals surface area (Å²) in [7, 11) is 0. The van der Waals surface area contributed by atoms with Gasteiger partial charge < -0.3 is 11.1 Å². The van der Waals surface area contributed by atoms with Crippen molar-refractivity contribution in [1.29, 1.82) is 0 Å². The molecule has 1 amide bonds. The van der Waals surface area contributed by atoms with Crippen molar-refractivity contribution < 1.29 is 4.79 Å². The molecule has 106 valence electrons. The molecule has 3 N–H and O–H groups in total. The number of nitrogens with two attached hydrogens (primary N) is 1. The summed E-state index contributed by atoms with van der Waals surface area (Å²) in [4.78, 5) is 14.4. The van der Waals surface area contributed by atoms with Crippen LogP contribution in [0.3, 0.4) is 0 Å². The van der Waals surface area contributed by atoms with Gasteiger partial charge >= 0.3 is 0 Å². The molecule has 1 aromatic heterocycles. The molecular formula is C13H20BrN3OS. The predicted molar refractivity (Wildman–Crippen MR) is 82.2 cm³/mol. The number of carbonyl (C=O) groups excluding carboxylic acids is 1. The maximum atomic E-state index is 10.9. The van der Waals surface area contributed by atoms with Gasteiger partial charge in [-0.15, -0.1) is 11.3 Å². The number of likely N-dealkylation sites (tertiary alicyclic amines) is 1. The van der Waals surface area contributed by atoms with Crippen LogP contribution in [0.4, 0.5) is 0 Å². The minimum atomic E-state index is -0.233. The third-order valence-corrected chi connectivity index (χ3v) is 5.34. The smallest absolute Gasteiger partial charge is 0.231 e. The Kier molecular flexibility index (Phi) is 5.38. The number of nitrogens with one attached hydrogen (secondary N) is 1. The van der Waals surface area contributed by atoms with Crippen LogP contribution >= 0.6 is 27.3 Å². The Hall–Kier alpha value is -0.430. The zero-order valence-corrected chi connectivity index (χ0v) is 13.5. The van der Waals surface area contributed by atoms with Crippen molar-refractivity contribution >= 4 is 33.2 Å². The van der Waals surface area contributed by atoms with Crippen LogP contribution in [0.1, 0.15) is 30.7 Å². The van der Waals surface area contributed by atoms with Gasteiger partial charge in [0.25, 0.3) is 0 Å². The number of piperidine rings is 1. The molecule has 1 fully saturated rings. The van der Waals surface area contributed by atoms with E-state index >= 15 is 0 Å². The van der Waals surface area contributed by atoms with Crippen molar-refractivity contribution in [2.24, 2.45) is 5.73 Å². The van der Waals surface area contributed by atoms with Crippen LogP contribution < -0.4 is 11.1 Å². The lowest BCUT2D eigenvalue weighted by Gasteiger charge is -2.33. The molecule has 0 bridgehead atoms. The summed E-state index contributed by atoms with van der Waals surface area (Å²) in [6, 6.07) is 3.08. The number of nitrogens with zero attached hydrogens (tertiary/aromatic N) is 1. The van der Waals surface area contributed by atoms with Crippen LogP contribution in [0.15, 0.2) is 15.9 Å². The second-order valence-corrected chi connectivity index (χ2v) is 6.93. The van der Waals surface area contributed by atoms with Crippen LogP contribution in [-0.4, -0.2) is 36.5 Å². The van der Waals surface area contributed by atoms with Gasteiger partial charge in [0.15, 0.2) is 0 Å². The van der Waals surface area contributed by atoms with Crippen molar-refractivity contribution in [3.63, 3.8) is 0 Å². The quantitative estimate of drug-likeness (QED) is 0.859. The van der Waals surface area contributed by atoms with Gasteiger partial charge in [-0.25, -0.2) is 0 Å². The first kappa shape index (κ1) is 15.0. The number of amides is 1. The van der Waals surface area contributed by atoms with E-state index in [9.17, 15) is 4.79 Å². The fraction of sp³-hybridized carbons (Fsp3) is 0.615. The maximum Gasteiger partial charge on any atom is 0.231 e. The molecule has 1 saturated heterocycles. The van der Waals surface area contributed by atoms with Gasteiger partial charge in [-0.3, -0.25) is 9.69 Å². The van der Waals surface area contributed by atoms with Crippen molar-refractivity contribution in [1.82, 2.24) is 10.2 Å². The van der Waals surface area contributed by atoms with E-state index in [1.807, 2.05) is 0 Å². The number of halogens is 1. The molecule has 2 heterocycles. The van der Waals surface area contributed by atoms with E-state index in [0.29, 0.717) is 18.6 Å². The van der Waals surface area contributed by atoms with E-state index < -0.39 is 0 Å². The fourth-order valence-electron chi connectivity index (χ4n) is 2.47. The molecule has 19 heavy (non-hydrogen) atoms. The van der Waals surface area contributed by atoms with Crippen molar-refractivity contribution in [3.8, 4) is 0 Å². The highest BCUT2D eigenvalue weighted by atomic mass is 79.9. The van der Waals surface area contributed by atoms with E-state index in [0.717, 1.165) is 30.4 Å². The van der Waals surface area contributed by atoms with Gasteiger partial charge in [-0.1, -0.05) is 0 Å². The third kappa shape index (κ3) is 4.56. The molecule has 0 spiro atoms. The Labute approximate surface area is 126 Å². The molecule has 1 unspecified atom stereocenters. The van der Waals surface area contributed by atoms with Crippen LogP contribution in [0, 0.1) is 0 Å². The summed E-state index contributed by atoms with van der Waals surface area (Å²) in [5, 5.41) is 5.78. The van der Waals surface area contributed by atoms with Crippen molar-refractivity contribution in [3.05, 3.63) is 20.8 Å². The third-order valence-electron chi connectivity index (χ3n) is 3.47. The highest BCUT2D eigenvalue weighted by Gasteiger charge is 2.21. The molecule has 0 aliphatic carbocycles. The first-order chi connectivity index (χ1) is 9.04. The SMILES string of the molecule is CC(NC1CCN(CC(N)=O)CC1)c1cc(Br)cs1. The van der Waals surface area contributed by atoms with Crippen LogP contribution in [0.2, 0.25) is 0 Å². The molecule has 1 aliphatic heterocycles. The van der Waals surface area contributed by atoms with Gasteiger partial charge in [0.1, 0.15) is 0 Å². The van der Waals surface area contributed by atoms with E-state index in [4.69, 9.17) is 5.73 Å². The largest absolute Gasteiger partial charge is 0.369 e. The van der Waals surface area contributed by atoms with Crippen LogP contribution in [-0.2, 0) is 4.79 Å². The van der Waals surface area contributed by atoms with E-state index in [1.165, 1.54) is 4.88 Å². The standard InChI is InChI=1S/C13H20BrN3OS/c1-9(12-6-10(14)8-19-12)16-11-2-4-17(5-3-11)7-13(15)18/h6,8-9,11,16H,2-5,7H2,1H3,(H2,15,18). The Bertz CT molecular complexity index is 429. The Morgan fingerprint density at radius 3 is 2.84 bits per heavy atom. The molecule has 0 aromatic carbocycles. The van der Waals surface area contributed by atoms with Gasteiger partial charge in [0.05, 0.1) is 6.54 Å². The lowest BCUT2D eigenvalue weighted by atomic mass is 10.0. The molecule has 0 radical (unpaired) electrons. The van der Waals surface area contributed by atoms with Crippen molar-refractivity contribution in [2.75, 3.05) is 19.6 Å². The lowest BCUT2D eigenvalue weighted by Crippen LogP contribution is -2.45. The normalized spacial score (nSPS) is 19.5. The second kappa shape index (κ2) is 6.83. The summed E-state index contributed by atoms with van der Waals surface area (Å²) in [6.07, 6.45) is 2.15. The summed E-state index contributed by atoms with van der Waals surface area (Å²) >= 11 is 5.26. The van der Waals surface area contributed by atoms with Gasteiger partial charge in [0.2, 0.25) is 5.91 Å². The zero-order chi connectivity index (χ0) is 13.8. The number of hydrogen-bond donors (Lipinski definition) is 2. The second-order valence-electron chi connectivity index (χ2n) is 5.07. The molecule has 1 aromatic rings. The highest BCUT2D eigenvalue weighted by molar-refractivity contribution is 9.10. The Morgan fingerprint density at radius 1 is 1.63 bits per heavy atom. The van der Waals surface area contributed by atoms with Gasteiger partial charge in [0, 0.05) is 39.9 Å². The predicted octanol–water partition coefficient (Wildman–Crippen LogP) is 2.11. The minimum absolute atomic E-state index is 0.233. The summed E-state index contributed by atoms with van der Waals surface area (Å²) in [5.41, 5.74) is 5.22. The average Bonchev–Trinajstić information content (AvgIpc) is 2.78. The van der Waals surface area contributed by atoms with Gasteiger partial charge in [-0.05, 0) is 41.8 Å². The topological polar surface area (TPSA) is 58.4 Å². The number of thiophene rings is 1. The molecule has 0 saturated carbocycles. The van der Waals surface area contributed by atoms with Gasteiger partial charge in [-0.2, -0.15) is 0 Å². The maximum absolute atomic E-state index is 10.9. The van der Waals surface area contributed by atoms with E-state index in [1.54, 1.807) is 11.3 Å². The number of hydrogen-bond acceptors (Lipinski definition) is 4. The molecule has 4 nitrogen and oxygen atoms in total. The summed E-state index contributed by atoms with van der Waals surface area (Å²) in [5.74, 6) is -0.233. The van der Waals surface area contributed by atoms with Crippen molar-refractivity contribution in [2.45, 2.75) is 31.8 Å². The minimum Gasteiger partial charge on any atom is -0.369 e. The first-order valence-corrected chi connectivity index (χ1v) is 8.22. The molecule has 1 aliphatic rings. The number of rotatable bonds is 5. The van der Waals surface area contributed by atoms with E-state index in [2.05, 4.69) is 44.5 Å². The Morgan fingerprint density at radius 2 is 2.32 bits per heavy atom. The highest BCUT2D eigenvalue weighted by Crippen LogP contribution is 2.26. The molecule has 6 heteroatoms. The fourth-order valence-corrected chi connectivity index (χ4v) is 3.93. The summed E-state index contributed by atoms with van der Waals surface area (Å²) in [6.45, 7) is 4.48. The molecular weight excluding hydrogens is 326 g/mol. The zero-order valence-electron chi connectivity index (χ0n) is 11.1.